The predicted octanol–water partition coefficient (Wildman–Crippen LogP) is 5.15. The van der Waals surface area contributed by atoms with Crippen LogP contribution in [0.2, 0.25) is 26.2 Å². The molecular weight excluding hydrogens is 296 g/mol. The molecule has 0 rings (SSSR count). The Morgan fingerprint density at radius 3 is 1.43 bits per heavy atom. The summed E-state index contributed by atoms with van der Waals surface area (Å²) in [6.07, 6.45) is 12.8. The average molecular weight is 331 g/mol. The molecule has 21 heavy (non-hydrogen) atoms. The van der Waals surface area contributed by atoms with E-state index in [9.17, 15) is 0 Å². The molecule has 0 radical (unpaired) electrons. The summed E-state index contributed by atoms with van der Waals surface area (Å²) in [5.74, 6) is 0. The summed E-state index contributed by atoms with van der Waals surface area (Å²) in [7, 11) is -4.15. The second kappa shape index (κ2) is 11.4. The molecule has 0 heterocycles. The zero-order chi connectivity index (χ0) is 16.2. The van der Waals surface area contributed by atoms with Gasteiger partial charge in [0.2, 0.25) is 0 Å². The van der Waals surface area contributed by atoms with Crippen molar-refractivity contribution in [2.75, 3.05) is 13.2 Å². The molecule has 3 nitrogen and oxygen atoms in total. The monoisotopic (exact) mass is 330 g/mol. The fourth-order valence-corrected chi connectivity index (χ4v) is 8.50. The van der Waals surface area contributed by atoms with Crippen LogP contribution in [0.5, 0.6) is 0 Å². The average Bonchev–Trinajstić information content (AvgIpc) is 2.36. The zero-order valence-corrected chi connectivity index (χ0v) is 16.8. The van der Waals surface area contributed by atoms with Gasteiger partial charge in [-0.3, -0.25) is 0 Å². The van der Waals surface area contributed by atoms with Gasteiger partial charge in [0.25, 0.3) is 0 Å². The maximum Gasteiger partial charge on any atom is 0.322 e. The molecule has 0 N–H and O–H groups in total. The van der Waals surface area contributed by atoms with Crippen LogP contribution in [0.1, 0.15) is 39.5 Å². The zero-order valence-electron chi connectivity index (χ0n) is 14.8. The lowest BCUT2D eigenvalue weighted by molar-refractivity contribution is 0.193. The minimum Gasteiger partial charge on any atom is -0.415 e. The highest BCUT2D eigenvalue weighted by Gasteiger charge is 2.36. The summed E-state index contributed by atoms with van der Waals surface area (Å²) in [5.41, 5.74) is 0. The van der Waals surface area contributed by atoms with E-state index in [4.69, 9.17) is 13.0 Å². The minimum atomic E-state index is -2.08. The fraction of sp³-hybridized carbons (Fsp3) is 0.750. The van der Waals surface area contributed by atoms with E-state index in [0.29, 0.717) is 0 Å². The van der Waals surface area contributed by atoms with Crippen molar-refractivity contribution in [2.45, 2.75) is 65.7 Å². The van der Waals surface area contributed by atoms with Crippen LogP contribution in [-0.2, 0) is 13.0 Å². The Morgan fingerprint density at radius 1 is 0.714 bits per heavy atom. The van der Waals surface area contributed by atoms with Crippen molar-refractivity contribution in [3.8, 4) is 0 Å². The summed E-state index contributed by atoms with van der Waals surface area (Å²) >= 11 is 0. The second-order valence-electron chi connectivity index (χ2n) is 6.02. The van der Waals surface area contributed by atoms with Crippen molar-refractivity contribution in [1.82, 2.24) is 0 Å². The maximum absolute atomic E-state index is 6.24. The number of hydrogen-bond donors (Lipinski definition) is 0. The van der Waals surface area contributed by atoms with Gasteiger partial charge in [-0.1, -0.05) is 24.3 Å². The van der Waals surface area contributed by atoms with Gasteiger partial charge in [-0.25, -0.2) is 0 Å². The molecule has 0 saturated carbocycles. The van der Waals surface area contributed by atoms with Crippen LogP contribution in [-0.4, -0.2) is 30.3 Å². The topological polar surface area (TPSA) is 27.7 Å². The van der Waals surface area contributed by atoms with Gasteiger partial charge < -0.3 is 13.0 Å². The highest BCUT2D eigenvalue weighted by Crippen LogP contribution is 2.17. The first kappa shape index (κ1) is 20.8. The second-order valence-corrected chi connectivity index (χ2v) is 13.0. The van der Waals surface area contributed by atoms with Crippen LogP contribution >= 0.6 is 0 Å². The van der Waals surface area contributed by atoms with Crippen LogP contribution in [0, 0.1) is 0 Å². The van der Waals surface area contributed by atoms with Gasteiger partial charge in [-0.05, 0) is 65.7 Å². The molecule has 0 amide bonds. The van der Waals surface area contributed by atoms with Crippen molar-refractivity contribution < 1.29 is 13.0 Å². The molecule has 0 fully saturated rings. The van der Waals surface area contributed by atoms with E-state index in [1.165, 1.54) is 0 Å². The maximum atomic E-state index is 6.24. The summed E-state index contributed by atoms with van der Waals surface area (Å²) < 4.78 is 18.2. The lowest BCUT2D eigenvalue weighted by Gasteiger charge is -2.32. The molecule has 0 atom stereocenters. The molecule has 0 aromatic carbocycles. The predicted molar refractivity (Wildman–Crippen MR) is 96.0 cm³/mol. The van der Waals surface area contributed by atoms with E-state index in [2.05, 4.69) is 50.5 Å². The molecule has 0 aliphatic rings. The Hall–Kier alpha value is -0.206. The fourth-order valence-electron chi connectivity index (χ4n) is 2.02. The van der Waals surface area contributed by atoms with Crippen molar-refractivity contribution in [2.24, 2.45) is 0 Å². The quantitative estimate of drug-likeness (QED) is 0.281. The van der Waals surface area contributed by atoms with Crippen molar-refractivity contribution in [1.29, 1.82) is 0 Å². The SMILES string of the molecule is C/C=C/CCCO[Si](C)(C)O[Si](C)(C)OCCC/C=C/C. The van der Waals surface area contributed by atoms with Gasteiger partial charge in [0.05, 0.1) is 0 Å². The van der Waals surface area contributed by atoms with Gasteiger partial charge in [-0.15, -0.1) is 0 Å². The number of allylic oxidation sites excluding steroid dienone is 4. The van der Waals surface area contributed by atoms with E-state index in [0.717, 1.165) is 38.9 Å². The largest absolute Gasteiger partial charge is 0.415 e. The molecule has 0 aromatic rings. The molecule has 124 valence electrons. The summed E-state index contributed by atoms with van der Waals surface area (Å²) in [6.45, 7) is 14.1. The lowest BCUT2D eigenvalue weighted by atomic mass is 10.3. The Kier molecular flexibility index (Phi) is 11.3. The number of hydrogen-bond acceptors (Lipinski definition) is 3. The Balaban J connectivity index is 3.97. The van der Waals surface area contributed by atoms with E-state index in [1.54, 1.807) is 0 Å². The van der Waals surface area contributed by atoms with Crippen LogP contribution in [0.15, 0.2) is 24.3 Å². The molecule has 0 aliphatic carbocycles. The van der Waals surface area contributed by atoms with Gasteiger partial charge in [-0.2, -0.15) is 0 Å². The third kappa shape index (κ3) is 13.2. The minimum absolute atomic E-state index is 0.773. The summed E-state index contributed by atoms with van der Waals surface area (Å²) in [5, 5.41) is 0. The van der Waals surface area contributed by atoms with Gasteiger partial charge in [0, 0.05) is 13.2 Å². The van der Waals surface area contributed by atoms with Crippen LogP contribution in [0.25, 0.3) is 0 Å². The van der Waals surface area contributed by atoms with Crippen LogP contribution < -0.4 is 0 Å². The first-order valence-electron chi connectivity index (χ1n) is 8.03. The normalized spacial score (nSPS) is 13.6. The Morgan fingerprint density at radius 2 is 1.10 bits per heavy atom. The molecule has 0 saturated heterocycles. The molecule has 0 bridgehead atoms. The smallest absolute Gasteiger partial charge is 0.322 e. The molecular formula is C16H34O3Si2. The Labute approximate surface area is 133 Å². The summed E-state index contributed by atoms with van der Waals surface area (Å²) in [6, 6.07) is 0. The third-order valence-corrected chi connectivity index (χ3v) is 8.62. The standard InChI is InChI=1S/C16H34O3Si2/c1-7-9-11-13-15-17-20(3,4)19-21(5,6)18-16-14-12-10-8-2/h7-10H,11-16H2,1-6H3/b9-7+,10-8+. The van der Waals surface area contributed by atoms with Gasteiger partial charge in [0.15, 0.2) is 0 Å². The van der Waals surface area contributed by atoms with E-state index < -0.39 is 17.1 Å². The summed E-state index contributed by atoms with van der Waals surface area (Å²) in [4.78, 5) is 0. The van der Waals surface area contributed by atoms with Crippen LogP contribution in [0.3, 0.4) is 0 Å². The number of unbranched alkanes of at least 4 members (excludes halogenated alkanes) is 2. The van der Waals surface area contributed by atoms with Crippen molar-refractivity contribution in [3.05, 3.63) is 24.3 Å². The van der Waals surface area contributed by atoms with E-state index in [-0.39, 0.29) is 0 Å². The molecule has 0 aromatic heterocycles. The van der Waals surface area contributed by atoms with Gasteiger partial charge >= 0.3 is 17.1 Å². The van der Waals surface area contributed by atoms with Crippen LogP contribution in [0.4, 0.5) is 0 Å². The highest BCUT2D eigenvalue weighted by molar-refractivity contribution is 6.78. The first-order valence-corrected chi connectivity index (χ1v) is 13.7. The third-order valence-electron chi connectivity index (χ3n) is 2.89. The van der Waals surface area contributed by atoms with Gasteiger partial charge in [0.1, 0.15) is 0 Å². The molecule has 0 spiro atoms. The molecule has 0 aliphatic heterocycles. The van der Waals surface area contributed by atoms with E-state index >= 15 is 0 Å². The first-order chi connectivity index (χ1) is 9.83. The molecule has 0 unspecified atom stereocenters. The van der Waals surface area contributed by atoms with Crippen molar-refractivity contribution in [3.63, 3.8) is 0 Å². The lowest BCUT2D eigenvalue weighted by Crippen LogP contribution is -2.48. The Bertz CT molecular complexity index is 283. The van der Waals surface area contributed by atoms with E-state index in [1.807, 2.05) is 13.8 Å². The highest BCUT2D eigenvalue weighted by atomic mass is 28.5. The molecule has 5 heteroatoms. The number of rotatable bonds is 12. The van der Waals surface area contributed by atoms with Crippen molar-refractivity contribution >= 4 is 17.1 Å².